The summed E-state index contributed by atoms with van der Waals surface area (Å²) < 4.78 is 7.12. The molecule has 274 valence electrons. The number of aromatic nitrogens is 4. The molecular formula is C55H34N4. The van der Waals surface area contributed by atoms with Gasteiger partial charge in [-0.1, -0.05) is 133 Å². The van der Waals surface area contributed by atoms with Gasteiger partial charge in [0.05, 0.1) is 33.1 Å². The highest BCUT2D eigenvalue weighted by atomic mass is 15.0. The fraction of sp³-hybridized carbons (Fsp3) is 0. The van der Waals surface area contributed by atoms with Crippen LogP contribution >= 0.6 is 0 Å². The number of hydrogen-bond donors (Lipinski definition) is 0. The molecular weight excluding hydrogens is 717 g/mol. The molecule has 0 radical (unpaired) electrons. The van der Waals surface area contributed by atoms with E-state index in [0.29, 0.717) is 0 Å². The van der Waals surface area contributed by atoms with Crippen molar-refractivity contribution in [1.29, 1.82) is 0 Å². The topological polar surface area (TPSA) is 27.2 Å². The first-order valence-electron chi connectivity index (χ1n) is 20.2. The Hall–Kier alpha value is -7.95. The Labute approximate surface area is 339 Å². The van der Waals surface area contributed by atoms with Gasteiger partial charge in [0.2, 0.25) is 0 Å². The highest BCUT2D eigenvalue weighted by molar-refractivity contribution is 6.25. The van der Waals surface area contributed by atoms with Crippen molar-refractivity contribution in [3.8, 4) is 33.6 Å². The maximum Gasteiger partial charge on any atom is 0.137 e. The zero-order valence-corrected chi connectivity index (χ0v) is 31.9. The molecule has 0 atom stereocenters. The smallest absolute Gasteiger partial charge is 0.137 e. The number of benzene rings is 9. The van der Waals surface area contributed by atoms with E-state index in [0.717, 1.165) is 44.6 Å². The third kappa shape index (κ3) is 4.69. The minimum atomic E-state index is 0.946. The molecule has 59 heavy (non-hydrogen) atoms. The van der Waals surface area contributed by atoms with Gasteiger partial charge in [0.1, 0.15) is 5.65 Å². The molecule has 0 amide bonds. The molecule has 0 unspecified atom stereocenters. The van der Waals surface area contributed by atoms with E-state index < -0.39 is 0 Å². The van der Waals surface area contributed by atoms with E-state index in [1.54, 1.807) is 0 Å². The summed E-state index contributed by atoms with van der Waals surface area (Å²) in [6, 6.07) is 73.0. The van der Waals surface area contributed by atoms with Gasteiger partial charge in [-0.05, 0) is 99.8 Å². The van der Waals surface area contributed by atoms with Gasteiger partial charge in [-0.2, -0.15) is 0 Å². The molecule has 0 saturated heterocycles. The molecule has 13 aromatic rings. The quantitative estimate of drug-likeness (QED) is 0.165. The van der Waals surface area contributed by atoms with Gasteiger partial charge in [-0.3, -0.25) is 4.40 Å². The molecule has 0 bridgehead atoms. The summed E-state index contributed by atoms with van der Waals surface area (Å²) >= 11 is 0. The van der Waals surface area contributed by atoms with E-state index in [2.05, 4.69) is 220 Å². The van der Waals surface area contributed by atoms with E-state index in [-0.39, 0.29) is 0 Å². The average Bonchev–Trinajstić information content (AvgIpc) is 3.97. The van der Waals surface area contributed by atoms with Gasteiger partial charge in [0.15, 0.2) is 0 Å². The summed E-state index contributed by atoms with van der Waals surface area (Å²) in [5.74, 6) is 0. The summed E-state index contributed by atoms with van der Waals surface area (Å²) in [4.78, 5) is 5.21. The van der Waals surface area contributed by atoms with Crippen LogP contribution in [0.25, 0.3) is 115 Å². The molecule has 4 nitrogen and oxygen atoms in total. The maximum absolute atomic E-state index is 5.21. The fourth-order valence-corrected chi connectivity index (χ4v) is 9.80. The van der Waals surface area contributed by atoms with Crippen LogP contribution in [-0.4, -0.2) is 18.5 Å². The summed E-state index contributed by atoms with van der Waals surface area (Å²) in [5.41, 5.74) is 14.8. The Kier molecular flexibility index (Phi) is 6.69. The standard InChI is InChI=1S/C55H34N4/c1-2-14-35(15-3-1)36-25-27-45-47(32-36)48-33-37(26-28-46(48)55-54(45)56-53-24-12-13-29-57(53)55)38-30-39(58-49-20-8-4-16-41(49)42-17-5-9-21-50(42)58)34-40(31-38)59-51-22-10-6-18-43(51)44-19-7-11-23-52(44)59/h1-34H. The van der Waals surface area contributed by atoms with Crippen LogP contribution in [0.4, 0.5) is 0 Å². The van der Waals surface area contributed by atoms with Crippen LogP contribution < -0.4 is 0 Å². The van der Waals surface area contributed by atoms with Crippen molar-refractivity contribution in [1.82, 2.24) is 18.5 Å². The first-order chi connectivity index (χ1) is 29.3. The molecule has 0 spiro atoms. The second kappa shape index (κ2) is 12.3. The number of pyridine rings is 1. The summed E-state index contributed by atoms with van der Waals surface area (Å²) in [6.07, 6.45) is 2.13. The predicted molar refractivity (Wildman–Crippen MR) is 247 cm³/mol. The Morgan fingerprint density at radius 3 is 1.36 bits per heavy atom. The monoisotopic (exact) mass is 750 g/mol. The molecule has 0 aliphatic heterocycles. The van der Waals surface area contributed by atoms with E-state index >= 15 is 0 Å². The van der Waals surface area contributed by atoms with Gasteiger partial charge in [0, 0.05) is 49.9 Å². The maximum atomic E-state index is 5.21. The Morgan fingerprint density at radius 2 is 0.780 bits per heavy atom. The lowest BCUT2D eigenvalue weighted by Crippen LogP contribution is -2.00. The SMILES string of the molecule is c1ccc(-c2ccc3c(c2)c2cc(-c4cc(-n5c6ccccc6c6ccccc65)cc(-n5c6ccccc6c6ccccc65)c4)ccc2c2c3nc3ccccn32)cc1. The van der Waals surface area contributed by atoms with Gasteiger partial charge < -0.3 is 9.13 Å². The summed E-state index contributed by atoms with van der Waals surface area (Å²) in [6.45, 7) is 0. The van der Waals surface area contributed by atoms with Crippen LogP contribution in [0, 0.1) is 0 Å². The minimum Gasteiger partial charge on any atom is -0.309 e. The Morgan fingerprint density at radius 1 is 0.305 bits per heavy atom. The molecule has 0 N–H and O–H groups in total. The molecule has 0 saturated carbocycles. The molecule has 13 rings (SSSR count). The summed E-state index contributed by atoms with van der Waals surface area (Å²) in [5, 5.41) is 9.71. The second-order valence-corrected chi connectivity index (χ2v) is 15.6. The van der Waals surface area contributed by atoms with E-state index in [1.165, 1.54) is 70.9 Å². The molecule has 4 aromatic heterocycles. The van der Waals surface area contributed by atoms with Crippen molar-refractivity contribution in [3.05, 3.63) is 206 Å². The van der Waals surface area contributed by atoms with Gasteiger partial charge in [-0.25, -0.2) is 4.98 Å². The third-order valence-corrected chi connectivity index (χ3v) is 12.4. The van der Waals surface area contributed by atoms with Crippen molar-refractivity contribution >= 4 is 81.8 Å². The number of para-hydroxylation sites is 4. The molecule has 4 heteroatoms. The largest absolute Gasteiger partial charge is 0.309 e. The van der Waals surface area contributed by atoms with Crippen LogP contribution in [0.5, 0.6) is 0 Å². The number of fused-ring (bicyclic) bond motifs is 14. The van der Waals surface area contributed by atoms with Crippen molar-refractivity contribution in [2.45, 2.75) is 0 Å². The number of nitrogens with zero attached hydrogens (tertiary/aromatic N) is 4. The second-order valence-electron chi connectivity index (χ2n) is 15.6. The zero-order valence-electron chi connectivity index (χ0n) is 31.9. The van der Waals surface area contributed by atoms with Crippen molar-refractivity contribution in [2.24, 2.45) is 0 Å². The van der Waals surface area contributed by atoms with Crippen molar-refractivity contribution in [3.63, 3.8) is 0 Å². The van der Waals surface area contributed by atoms with Crippen LogP contribution in [0.1, 0.15) is 0 Å². The molecule has 0 aliphatic carbocycles. The highest BCUT2D eigenvalue weighted by Crippen LogP contribution is 2.42. The Balaban J connectivity index is 1.14. The van der Waals surface area contributed by atoms with E-state index in [1.807, 2.05) is 0 Å². The lowest BCUT2D eigenvalue weighted by Gasteiger charge is -2.17. The number of rotatable bonds is 4. The van der Waals surface area contributed by atoms with E-state index in [4.69, 9.17) is 4.98 Å². The summed E-state index contributed by atoms with van der Waals surface area (Å²) in [7, 11) is 0. The van der Waals surface area contributed by atoms with E-state index in [9.17, 15) is 0 Å². The molecule has 4 heterocycles. The lowest BCUT2D eigenvalue weighted by atomic mass is 9.93. The van der Waals surface area contributed by atoms with Crippen molar-refractivity contribution < 1.29 is 0 Å². The minimum absolute atomic E-state index is 0.946. The Bertz CT molecular complexity index is 3610. The zero-order chi connectivity index (χ0) is 38.6. The third-order valence-electron chi connectivity index (χ3n) is 12.4. The van der Waals surface area contributed by atoms with Crippen LogP contribution in [0.3, 0.4) is 0 Å². The van der Waals surface area contributed by atoms with Crippen LogP contribution in [0.2, 0.25) is 0 Å². The first kappa shape index (κ1) is 32.2. The predicted octanol–water partition coefficient (Wildman–Crippen LogP) is 14.3. The highest BCUT2D eigenvalue weighted by Gasteiger charge is 2.19. The van der Waals surface area contributed by atoms with Crippen LogP contribution in [0.15, 0.2) is 206 Å². The van der Waals surface area contributed by atoms with Gasteiger partial charge in [0.25, 0.3) is 0 Å². The van der Waals surface area contributed by atoms with Gasteiger partial charge >= 0.3 is 0 Å². The fourth-order valence-electron chi connectivity index (χ4n) is 9.80. The van der Waals surface area contributed by atoms with Crippen molar-refractivity contribution in [2.75, 3.05) is 0 Å². The van der Waals surface area contributed by atoms with Crippen LogP contribution in [-0.2, 0) is 0 Å². The first-order valence-corrected chi connectivity index (χ1v) is 20.2. The average molecular weight is 751 g/mol. The molecule has 0 fully saturated rings. The molecule has 9 aromatic carbocycles. The number of hydrogen-bond acceptors (Lipinski definition) is 1. The number of imidazole rings is 1. The normalized spacial score (nSPS) is 12.1. The van der Waals surface area contributed by atoms with Gasteiger partial charge in [-0.15, -0.1) is 0 Å². The molecule has 0 aliphatic rings. The lowest BCUT2D eigenvalue weighted by molar-refractivity contribution is 1.13.